The van der Waals surface area contributed by atoms with Crippen molar-refractivity contribution in [2.75, 3.05) is 13.1 Å². The SMILES string of the molecule is NC(c1cc(C(F)(F)F)ccc1Cl)C1CCNCC1. The zero-order valence-electron chi connectivity index (χ0n) is 10.3. The van der Waals surface area contributed by atoms with Gasteiger partial charge in [-0.05, 0) is 55.6 Å². The van der Waals surface area contributed by atoms with Crippen LogP contribution in [-0.4, -0.2) is 13.1 Å². The van der Waals surface area contributed by atoms with Crippen LogP contribution in [0.25, 0.3) is 0 Å². The molecule has 0 radical (unpaired) electrons. The lowest BCUT2D eigenvalue weighted by atomic mass is 9.86. The second-order valence-electron chi connectivity index (χ2n) is 4.85. The van der Waals surface area contributed by atoms with Crippen molar-refractivity contribution < 1.29 is 13.2 Å². The average molecular weight is 293 g/mol. The van der Waals surface area contributed by atoms with Gasteiger partial charge in [0.05, 0.1) is 5.56 Å². The van der Waals surface area contributed by atoms with Crippen molar-refractivity contribution in [3.8, 4) is 0 Å². The molecule has 1 unspecified atom stereocenters. The lowest BCUT2D eigenvalue weighted by Crippen LogP contribution is -2.34. The maximum atomic E-state index is 12.7. The number of nitrogens with two attached hydrogens (primary N) is 1. The number of nitrogens with one attached hydrogen (secondary N) is 1. The van der Waals surface area contributed by atoms with E-state index in [4.69, 9.17) is 17.3 Å². The van der Waals surface area contributed by atoms with Crippen LogP contribution in [0.4, 0.5) is 13.2 Å². The van der Waals surface area contributed by atoms with Crippen molar-refractivity contribution in [3.63, 3.8) is 0 Å². The fraction of sp³-hybridized carbons (Fsp3) is 0.538. The van der Waals surface area contributed by atoms with Crippen LogP contribution in [0.2, 0.25) is 5.02 Å². The minimum Gasteiger partial charge on any atom is -0.324 e. The molecule has 1 aliphatic rings. The van der Waals surface area contributed by atoms with E-state index in [1.165, 1.54) is 6.07 Å². The molecule has 6 heteroatoms. The number of piperidine rings is 1. The van der Waals surface area contributed by atoms with Gasteiger partial charge in [0, 0.05) is 11.1 Å². The highest BCUT2D eigenvalue weighted by Crippen LogP contribution is 2.36. The van der Waals surface area contributed by atoms with E-state index < -0.39 is 17.8 Å². The molecule has 1 aliphatic heterocycles. The first-order valence-electron chi connectivity index (χ1n) is 6.22. The number of hydrogen-bond donors (Lipinski definition) is 2. The van der Waals surface area contributed by atoms with Crippen LogP contribution in [0, 0.1) is 5.92 Å². The fourth-order valence-corrected chi connectivity index (χ4v) is 2.68. The maximum absolute atomic E-state index is 12.7. The van der Waals surface area contributed by atoms with E-state index in [1.807, 2.05) is 0 Å². The molecule has 19 heavy (non-hydrogen) atoms. The highest BCUT2D eigenvalue weighted by molar-refractivity contribution is 6.31. The van der Waals surface area contributed by atoms with E-state index in [0.29, 0.717) is 10.6 Å². The first-order valence-corrected chi connectivity index (χ1v) is 6.60. The third kappa shape index (κ3) is 3.41. The molecule has 1 aromatic rings. The van der Waals surface area contributed by atoms with Crippen molar-refractivity contribution in [2.45, 2.75) is 25.1 Å². The van der Waals surface area contributed by atoms with Gasteiger partial charge in [-0.1, -0.05) is 11.6 Å². The highest BCUT2D eigenvalue weighted by Gasteiger charge is 2.32. The van der Waals surface area contributed by atoms with Crippen LogP contribution in [-0.2, 0) is 6.18 Å². The van der Waals surface area contributed by atoms with E-state index in [1.54, 1.807) is 0 Å². The summed E-state index contributed by atoms with van der Waals surface area (Å²) in [6, 6.07) is 2.90. The van der Waals surface area contributed by atoms with Crippen LogP contribution in [0.5, 0.6) is 0 Å². The Balaban J connectivity index is 2.27. The molecule has 1 saturated heterocycles. The molecule has 3 N–H and O–H groups in total. The molecule has 1 fully saturated rings. The lowest BCUT2D eigenvalue weighted by Gasteiger charge is -2.29. The maximum Gasteiger partial charge on any atom is 0.416 e. The third-order valence-electron chi connectivity index (χ3n) is 3.57. The van der Waals surface area contributed by atoms with Crippen LogP contribution in [0.3, 0.4) is 0 Å². The Morgan fingerprint density at radius 3 is 2.47 bits per heavy atom. The average Bonchev–Trinajstić information content (AvgIpc) is 2.38. The van der Waals surface area contributed by atoms with Gasteiger partial charge < -0.3 is 11.1 Å². The summed E-state index contributed by atoms with van der Waals surface area (Å²) in [6.45, 7) is 1.68. The van der Waals surface area contributed by atoms with E-state index in [-0.39, 0.29) is 5.92 Å². The van der Waals surface area contributed by atoms with Crippen molar-refractivity contribution in [1.29, 1.82) is 0 Å². The molecular weight excluding hydrogens is 277 g/mol. The Morgan fingerprint density at radius 1 is 1.26 bits per heavy atom. The Bertz CT molecular complexity index is 442. The van der Waals surface area contributed by atoms with Gasteiger partial charge in [-0.3, -0.25) is 0 Å². The standard InChI is InChI=1S/C13H16ClF3N2/c14-11-2-1-9(13(15,16)17)7-10(11)12(18)8-3-5-19-6-4-8/h1-2,7-8,12,19H,3-6,18H2. The summed E-state index contributed by atoms with van der Waals surface area (Å²) in [5, 5.41) is 3.51. The minimum atomic E-state index is -4.37. The summed E-state index contributed by atoms with van der Waals surface area (Å²) in [5.41, 5.74) is 5.80. The van der Waals surface area contributed by atoms with Crippen molar-refractivity contribution in [1.82, 2.24) is 5.32 Å². The van der Waals surface area contributed by atoms with Crippen LogP contribution >= 0.6 is 11.6 Å². The largest absolute Gasteiger partial charge is 0.416 e. The van der Waals surface area contributed by atoms with Crippen LogP contribution in [0.15, 0.2) is 18.2 Å². The molecule has 106 valence electrons. The molecular formula is C13H16ClF3N2. The van der Waals surface area contributed by atoms with E-state index in [0.717, 1.165) is 38.1 Å². The highest BCUT2D eigenvalue weighted by atomic mass is 35.5. The van der Waals surface area contributed by atoms with Crippen molar-refractivity contribution in [3.05, 3.63) is 34.3 Å². The zero-order valence-corrected chi connectivity index (χ0v) is 11.1. The van der Waals surface area contributed by atoms with Gasteiger partial charge in [-0.2, -0.15) is 13.2 Å². The van der Waals surface area contributed by atoms with Crippen LogP contribution in [0.1, 0.15) is 30.0 Å². The zero-order chi connectivity index (χ0) is 14.0. The van der Waals surface area contributed by atoms with Gasteiger partial charge in [-0.25, -0.2) is 0 Å². The van der Waals surface area contributed by atoms with E-state index >= 15 is 0 Å². The molecule has 0 bridgehead atoms. The molecule has 1 atom stereocenters. The molecule has 0 aromatic heterocycles. The number of alkyl halides is 3. The molecule has 1 aromatic carbocycles. The Kier molecular flexibility index (Phi) is 4.38. The number of benzene rings is 1. The minimum absolute atomic E-state index is 0.169. The van der Waals surface area contributed by atoms with Gasteiger partial charge in [0.25, 0.3) is 0 Å². The van der Waals surface area contributed by atoms with Gasteiger partial charge in [0.2, 0.25) is 0 Å². The van der Waals surface area contributed by atoms with Gasteiger partial charge in [-0.15, -0.1) is 0 Å². The summed E-state index contributed by atoms with van der Waals surface area (Å²) in [7, 11) is 0. The summed E-state index contributed by atoms with van der Waals surface area (Å²) >= 11 is 6.00. The molecule has 2 nitrogen and oxygen atoms in total. The number of halogens is 4. The van der Waals surface area contributed by atoms with Gasteiger partial charge in [0.15, 0.2) is 0 Å². The second-order valence-corrected chi connectivity index (χ2v) is 5.25. The molecule has 2 rings (SSSR count). The van der Waals surface area contributed by atoms with Gasteiger partial charge >= 0.3 is 6.18 Å². The van der Waals surface area contributed by atoms with Crippen LogP contribution < -0.4 is 11.1 Å². The Labute approximate surface area is 115 Å². The predicted molar refractivity (Wildman–Crippen MR) is 69.0 cm³/mol. The Hall–Kier alpha value is -0.780. The first-order chi connectivity index (χ1) is 8.89. The number of hydrogen-bond acceptors (Lipinski definition) is 2. The van der Waals surface area contributed by atoms with Crippen molar-refractivity contribution in [2.24, 2.45) is 11.7 Å². The molecule has 0 amide bonds. The number of rotatable bonds is 2. The lowest BCUT2D eigenvalue weighted by molar-refractivity contribution is -0.137. The monoisotopic (exact) mass is 292 g/mol. The fourth-order valence-electron chi connectivity index (χ4n) is 2.43. The normalized spacial score (nSPS) is 19.4. The Morgan fingerprint density at radius 2 is 1.89 bits per heavy atom. The first kappa shape index (κ1) is 14.6. The summed E-state index contributed by atoms with van der Waals surface area (Å²) in [4.78, 5) is 0. The van der Waals surface area contributed by atoms with E-state index in [9.17, 15) is 13.2 Å². The quantitative estimate of drug-likeness (QED) is 0.877. The third-order valence-corrected chi connectivity index (χ3v) is 3.92. The molecule has 0 spiro atoms. The summed E-state index contributed by atoms with van der Waals surface area (Å²) < 4.78 is 38.1. The smallest absolute Gasteiger partial charge is 0.324 e. The summed E-state index contributed by atoms with van der Waals surface area (Å²) in [5.74, 6) is 0.169. The van der Waals surface area contributed by atoms with Crippen molar-refractivity contribution >= 4 is 11.6 Å². The molecule has 0 aliphatic carbocycles. The second kappa shape index (κ2) is 5.69. The topological polar surface area (TPSA) is 38.0 Å². The van der Waals surface area contributed by atoms with E-state index in [2.05, 4.69) is 5.32 Å². The predicted octanol–water partition coefficient (Wildman–Crippen LogP) is 3.36. The summed E-state index contributed by atoms with van der Waals surface area (Å²) in [6.07, 6.45) is -2.66. The van der Waals surface area contributed by atoms with Gasteiger partial charge in [0.1, 0.15) is 0 Å². The molecule has 1 heterocycles. The molecule has 0 saturated carbocycles.